The highest BCUT2D eigenvalue weighted by molar-refractivity contribution is 7.86. The van der Waals surface area contributed by atoms with Gasteiger partial charge in [0.2, 0.25) is 0 Å². The molecule has 0 bridgehead atoms. The van der Waals surface area contributed by atoms with Gasteiger partial charge >= 0.3 is 10.1 Å². The molecule has 0 aliphatic heterocycles. The van der Waals surface area contributed by atoms with Gasteiger partial charge in [0.15, 0.2) is 0 Å². The molecule has 0 aliphatic carbocycles. The maximum absolute atomic E-state index is 11.2. The molecule has 0 spiro atoms. The molecule has 1 atom stereocenters. The highest BCUT2D eigenvalue weighted by atomic mass is 32.2. The molecule has 0 saturated heterocycles. The highest BCUT2D eigenvalue weighted by Gasteiger charge is 2.12. The molecule has 0 heterocycles. The van der Waals surface area contributed by atoms with Crippen molar-refractivity contribution in [3.63, 3.8) is 0 Å². The van der Waals surface area contributed by atoms with E-state index in [4.69, 9.17) is 4.18 Å². The van der Waals surface area contributed by atoms with E-state index in [-0.39, 0.29) is 17.5 Å². The molecule has 0 amide bonds. The third kappa shape index (κ3) is 3.66. The van der Waals surface area contributed by atoms with Gasteiger partial charge < -0.3 is 4.18 Å². The highest BCUT2D eigenvalue weighted by Crippen LogP contribution is 2.22. The summed E-state index contributed by atoms with van der Waals surface area (Å²) in [4.78, 5) is 11.2. The van der Waals surface area contributed by atoms with Crippen molar-refractivity contribution in [2.75, 3.05) is 6.26 Å². The fourth-order valence-electron chi connectivity index (χ4n) is 1.25. The number of benzene rings is 1. The van der Waals surface area contributed by atoms with Crippen LogP contribution in [0.25, 0.3) is 0 Å². The first-order chi connectivity index (χ1) is 7.29. The standard InChI is InChI=1S/C11H14O4S/c1-8(9(2)12)10-5-4-6-11(7-10)15-16(3,13)14/h4-8H,1-3H3. The molecule has 0 N–H and O–H groups in total. The molecule has 1 unspecified atom stereocenters. The van der Waals surface area contributed by atoms with Crippen LogP contribution >= 0.6 is 0 Å². The van der Waals surface area contributed by atoms with E-state index in [1.807, 2.05) is 0 Å². The Kier molecular flexibility index (Phi) is 3.70. The van der Waals surface area contributed by atoms with E-state index in [0.717, 1.165) is 11.8 Å². The van der Waals surface area contributed by atoms with Gasteiger partial charge in [-0.25, -0.2) is 0 Å². The van der Waals surface area contributed by atoms with Gasteiger partial charge in [0.05, 0.1) is 6.26 Å². The van der Waals surface area contributed by atoms with Crippen LogP contribution in [0.3, 0.4) is 0 Å². The minimum absolute atomic E-state index is 0.0245. The molecule has 88 valence electrons. The van der Waals surface area contributed by atoms with Crippen molar-refractivity contribution in [3.8, 4) is 5.75 Å². The maximum atomic E-state index is 11.2. The van der Waals surface area contributed by atoms with Crippen molar-refractivity contribution < 1.29 is 17.4 Å². The molecule has 1 aromatic rings. The third-order valence-electron chi connectivity index (χ3n) is 2.22. The summed E-state index contributed by atoms with van der Waals surface area (Å²) < 4.78 is 26.6. The summed E-state index contributed by atoms with van der Waals surface area (Å²) in [5.74, 6) is -0.00674. The van der Waals surface area contributed by atoms with Crippen LogP contribution in [0.4, 0.5) is 0 Å². The molecular weight excluding hydrogens is 228 g/mol. The summed E-state index contributed by atoms with van der Waals surface area (Å²) in [6.07, 6.45) is 0.980. The Labute approximate surface area is 95.4 Å². The zero-order valence-electron chi connectivity index (χ0n) is 9.43. The second kappa shape index (κ2) is 4.65. The number of hydrogen-bond acceptors (Lipinski definition) is 4. The summed E-state index contributed by atoms with van der Waals surface area (Å²) in [6.45, 7) is 3.26. The summed E-state index contributed by atoms with van der Waals surface area (Å²) in [5, 5.41) is 0. The lowest BCUT2D eigenvalue weighted by Crippen LogP contribution is -2.07. The first-order valence-electron chi connectivity index (χ1n) is 4.79. The lowest BCUT2D eigenvalue weighted by Gasteiger charge is -2.09. The Bertz CT molecular complexity index is 490. The lowest BCUT2D eigenvalue weighted by molar-refractivity contribution is -0.118. The normalized spacial score (nSPS) is 13.2. The van der Waals surface area contributed by atoms with Gasteiger partial charge in [0.1, 0.15) is 11.5 Å². The zero-order valence-corrected chi connectivity index (χ0v) is 10.2. The Hall–Kier alpha value is -1.36. The second-order valence-corrected chi connectivity index (χ2v) is 5.27. The summed E-state index contributed by atoms with van der Waals surface area (Å²) in [5.41, 5.74) is 0.744. The molecule has 4 nitrogen and oxygen atoms in total. The summed E-state index contributed by atoms with van der Waals surface area (Å²) in [7, 11) is -3.52. The van der Waals surface area contributed by atoms with Crippen molar-refractivity contribution >= 4 is 15.9 Å². The van der Waals surface area contributed by atoms with E-state index in [9.17, 15) is 13.2 Å². The van der Waals surface area contributed by atoms with Gasteiger partial charge in [0.25, 0.3) is 0 Å². The van der Waals surface area contributed by atoms with Crippen LogP contribution in [0, 0.1) is 0 Å². The van der Waals surface area contributed by atoms with E-state index in [1.54, 1.807) is 25.1 Å². The number of hydrogen-bond donors (Lipinski definition) is 0. The SMILES string of the molecule is CC(=O)C(C)c1cccc(OS(C)(=O)=O)c1. The van der Waals surface area contributed by atoms with Crippen LogP contribution in [0.1, 0.15) is 25.3 Å². The molecule has 0 aliphatic rings. The second-order valence-electron chi connectivity index (χ2n) is 3.69. The van der Waals surface area contributed by atoms with E-state index < -0.39 is 10.1 Å². The van der Waals surface area contributed by atoms with Crippen LogP contribution in [0.5, 0.6) is 5.75 Å². The van der Waals surface area contributed by atoms with Crippen molar-refractivity contribution in [2.24, 2.45) is 0 Å². The van der Waals surface area contributed by atoms with E-state index in [0.29, 0.717) is 0 Å². The van der Waals surface area contributed by atoms with Crippen LogP contribution in [0.15, 0.2) is 24.3 Å². The molecule has 16 heavy (non-hydrogen) atoms. The van der Waals surface area contributed by atoms with Crippen molar-refractivity contribution in [1.29, 1.82) is 0 Å². The number of rotatable bonds is 4. The fraction of sp³-hybridized carbons (Fsp3) is 0.364. The summed E-state index contributed by atoms with van der Waals surface area (Å²) in [6, 6.07) is 6.53. The minimum atomic E-state index is -3.52. The first-order valence-corrected chi connectivity index (χ1v) is 6.61. The average molecular weight is 242 g/mol. The zero-order chi connectivity index (χ0) is 12.3. The largest absolute Gasteiger partial charge is 0.383 e. The quantitative estimate of drug-likeness (QED) is 0.754. The van der Waals surface area contributed by atoms with Gasteiger partial charge in [-0.1, -0.05) is 19.1 Å². The molecule has 0 fully saturated rings. The summed E-state index contributed by atoms with van der Waals surface area (Å²) >= 11 is 0. The fourth-order valence-corrected chi connectivity index (χ4v) is 1.70. The maximum Gasteiger partial charge on any atom is 0.306 e. The average Bonchev–Trinajstić information content (AvgIpc) is 2.14. The molecule has 0 radical (unpaired) electrons. The van der Waals surface area contributed by atoms with Gasteiger partial charge in [-0.05, 0) is 24.6 Å². The number of carbonyl (C=O) groups excluding carboxylic acids is 1. The Morgan fingerprint density at radius 2 is 2.00 bits per heavy atom. The van der Waals surface area contributed by atoms with Crippen molar-refractivity contribution in [1.82, 2.24) is 0 Å². The van der Waals surface area contributed by atoms with Crippen LogP contribution in [-0.4, -0.2) is 20.5 Å². The van der Waals surface area contributed by atoms with Crippen molar-refractivity contribution in [2.45, 2.75) is 19.8 Å². The molecule has 1 aromatic carbocycles. The number of Topliss-reactive ketones (excluding diaryl/α,β-unsaturated/α-hetero) is 1. The van der Waals surface area contributed by atoms with Crippen molar-refractivity contribution in [3.05, 3.63) is 29.8 Å². The van der Waals surface area contributed by atoms with E-state index in [2.05, 4.69) is 0 Å². The Balaban J connectivity index is 3.00. The topological polar surface area (TPSA) is 60.4 Å². The van der Waals surface area contributed by atoms with E-state index >= 15 is 0 Å². The number of ketones is 1. The first kappa shape index (κ1) is 12.7. The van der Waals surface area contributed by atoms with Gasteiger partial charge in [-0.15, -0.1) is 0 Å². The third-order valence-corrected chi connectivity index (χ3v) is 2.71. The van der Waals surface area contributed by atoms with Crippen LogP contribution < -0.4 is 4.18 Å². The Morgan fingerprint density at radius 3 is 2.50 bits per heavy atom. The lowest BCUT2D eigenvalue weighted by atomic mass is 9.98. The predicted molar refractivity (Wildman–Crippen MR) is 61.0 cm³/mol. The number of carbonyl (C=O) groups is 1. The van der Waals surface area contributed by atoms with E-state index in [1.165, 1.54) is 13.0 Å². The van der Waals surface area contributed by atoms with Gasteiger partial charge in [-0.3, -0.25) is 4.79 Å². The molecule has 0 saturated carbocycles. The molecule has 5 heteroatoms. The monoisotopic (exact) mass is 242 g/mol. The van der Waals surface area contributed by atoms with Crippen LogP contribution in [-0.2, 0) is 14.9 Å². The molecular formula is C11H14O4S. The minimum Gasteiger partial charge on any atom is -0.383 e. The Morgan fingerprint density at radius 1 is 1.38 bits per heavy atom. The van der Waals surface area contributed by atoms with Crippen LogP contribution in [0.2, 0.25) is 0 Å². The van der Waals surface area contributed by atoms with Gasteiger partial charge in [0, 0.05) is 5.92 Å². The molecule has 1 rings (SSSR count). The molecule has 0 aromatic heterocycles. The predicted octanol–water partition coefficient (Wildman–Crippen LogP) is 1.72. The smallest absolute Gasteiger partial charge is 0.306 e. The van der Waals surface area contributed by atoms with Gasteiger partial charge in [-0.2, -0.15) is 8.42 Å².